The van der Waals surface area contributed by atoms with E-state index in [1.807, 2.05) is 47.6 Å². The van der Waals surface area contributed by atoms with Gasteiger partial charge in [0.2, 0.25) is 0 Å². The number of aliphatic hydroxyl groups is 3. The van der Waals surface area contributed by atoms with Gasteiger partial charge in [-0.05, 0) is 179 Å². The first-order valence-corrected chi connectivity index (χ1v) is 28.2. The molecule has 0 spiro atoms. The Morgan fingerprint density at radius 1 is 0.944 bits per heavy atom. The number of likely N-dealkylation sites (tertiary alicyclic amines) is 1. The molecule has 5 heterocycles. The monoisotopic (exact) mass is 986 g/mol. The number of carbonyl (C=O) groups is 1. The smallest absolute Gasteiger partial charge is 0.269 e. The molecule has 0 radical (unpaired) electrons. The van der Waals surface area contributed by atoms with Gasteiger partial charge >= 0.3 is 0 Å². The number of dihydropyridines is 1. The Labute approximate surface area is 426 Å². The number of aromatic nitrogens is 2. The van der Waals surface area contributed by atoms with Crippen molar-refractivity contribution in [3.8, 4) is 0 Å². The molecular weight excluding hydrogens is 907 g/mol. The molecule has 71 heavy (non-hydrogen) atoms. The second kappa shape index (κ2) is 22.9. The Bertz CT molecular complexity index is 2370. The molecule has 2 aromatic carbocycles. The number of benzene rings is 2. The predicted molar refractivity (Wildman–Crippen MR) is 283 cm³/mol. The van der Waals surface area contributed by atoms with Crippen LogP contribution in [0.2, 0.25) is 0 Å². The molecule has 4 aliphatic heterocycles. The number of piperidine rings is 1. The van der Waals surface area contributed by atoms with Crippen molar-refractivity contribution in [2.75, 3.05) is 49.5 Å². The number of nitrogens with zero attached hydrogens (tertiary/aromatic N) is 6. The fourth-order valence-corrected chi connectivity index (χ4v) is 13.6. The molecule has 3 saturated carbocycles. The zero-order valence-corrected chi connectivity index (χ0v) is 42.9. The second-order valence-electron chi connectivity index (χ2n) is 22.6. The first-order chi connectivity index (χ1) is 34.6. The molecule has 7 aliphatic rings. The van der Waals surface area contributed by atoms with Gasteiger partial charge in [0.25, 0.3) is 5.91 Å². The summed E-state index contributed by atoms with van der Waals surface area (Å²) in [5.41, 5.74) is 4.97. The number of hydrogen-bond acceptors (Lipinski definition) is 13. The van der Waals surface area contributed by atoms with E-state index in [2.05, 4.69) is 51.6 Å². The molecule has 10 rings (SSSR count). The number of aliphatic imine (C=N–C) groups is 1. The molecule has 7 atom stereocenters. The fraction of sp³-hybridized carbons (Fsp3) is 0.632. The molecule has 6 N–H and O–H groups in total. The number of aliphatic hydroxyl groups excluding tert-OH is 3. The fourth-order valence-electron chi connectivity index (χ4n) is 12.8. The van der Waals surface area contributed by atoms with Gasteiger partial charge in [-0.3, -0.25) is 14.7 Å². The lowest BCUT2D eigenvalue weighted by Crippen LogP contribution is -2.56. The minimum Gasteiger partial charge on any atom is -0.386 e. The molecule has 1 amide bonds. The molecule has 7 unspecified atom stereocenters. The van der Waals surface area contributed by atoms with Gasteiger partial charge in [0.15, 0.2) is 0 Å². The molecule has 3 aliphatic carbocycles. The van der Waals surface area contributed by atoms with Crippen molar-refractivity contribution in [3.05, 3.63) is 83.7 Å². The summed E-state index contributed by atoms with van der Waals surface area (Å²) >= 11 is 1.60. The number of hydrogen-bond donors (Lipinski definition) is 6. The van der Waals surface area contributed by atoms with Crippen LogP contribution in [0.5, 0.6) is 0 Å². The number of fused-ring (bicyclic) bond motifs is 1. The van der Waals surface area contributed by atoms with Gasteiger partial charge in [-0.15, -0.1) is 0 Å². The highest BCUT2D eigenvalue weighted by Crippen LogP contribution is 2.46. The Kier molecular flexibility index (Phi) is 16.3. The van der Waals surface area contributed by atoms with Crippen LogP contribution in [-0.2, 0) is 17.9 Å². The third kappa shape index (κ3) is 12.8. The van der Waals surface area contributed by atoms with Gasteiger partial charge in [0.1, 0.15) is 35.1 Å². The van der Waals surface area contributed by atoms with Crippen LogP contribution in [0.1, 0.15) is 139 Å². The average molecular weight is 986 g/mol. The summed E-state index contributed by atoms with van der Waals surface area (Å²) in [6.45, 7) is 9.41. The maximum Gasteiger partial charge on any atom is 0.269 e. The normalized spacial score (nSPS) is 27.1. The van der Waals surface area contributed by atoms with E-state index in [9.17, 15) is 20.1 Å². The standard InChI is InChI=1S/C57H79N9O4S/c1-2-23-57(36-64(37-57)25-5-3-4-11-52(67)63-45-9-6-10-46(29-45)71-53-33-60-51(32-61-53)65-26-7-8-43(34-65)41-16-17-41)24-22-38-13-20-49(59-30-38)55(69)62-31-39-12-19-47-44(27-39)35-66(56(47)70)50-21-18-42(40-14-15-40)28-48(58)54(50)68/h6,9-10,12-13,19-20,27,29,32-33,38,40-43,50,52,54,56,58,63,67-68,70H,2-5,7-8,11,14-18,21-26,28,30-31,34-37H2,1H3,(H,62,69). The Balaban J connectivity index is 0.595. The van der Waals surface area contributed by atoms with Gasteiger partial charge in [0.05, 0.1) is 12.4 Å². The highest BCUT2D eigenvalue weighted by atomic mass is 32.2. The minimum absolute atomic E-state index is 0.170. The molecule has 382 valence electrons. The third-order valence-corrected chi connectivity index (χ3v) is 18.0. The SMILES string of the molecule is CCCC1(CCC2C=CC(C(=O)NCc3ccc4c(c3)CN(C3CCC(C5CC5)CC(=N)C3O)C4O)=NC2)CN(CCCCCC(O)Nc2cccc(Sc3cnc(N4CCCC(C5CC5)C4)cn3)c2)C1. The van der Waals surface area contributed by atoms with Gasteiger partial charge in [0, 0.05) is 68.1 Å². The quantitative estimate of drug-likeness (QED) is 0.0322. The minimum atomic E-state index is -0.855. The van der Waals surface area contributed by atoms with Crippen LogP contribution in [0.3, 0.4) is 0 Å². The molecule has 5 fully saturated rings. The zero-order valence-electron chi connectivity index (χ0n) is 42.1. The van der Waals surface area contributed by atoms with E-state index < -0.39 is 18.6 Å². The van der Waals surface area contributed by atoms with Crippen molar-refractivity contribution in [1.82, 2.24) is 25.1 Å². The van der Waals surface area contributed by atoms with E-state index in [0.29, 0.717) is 67.1 Å². The number of carbonyl (C=O) groups excluding carboxylic acids is 1. The van der Waals surface area contributed by atoms with Crippen LogP contribution in [0.25, 0.3) is 0 Å². The average Bonchev–Trinajstić information content (AvgIpc) is 4.32. The molecular formula is C57H79N9O4S. The molecule has 14 heteroatoms. The maximum atomic E-state index is 13.2. The summed E-state index contributed by atoms with van der Waals surface area (Å²) in [5.74, 6) is 4.09. The molecule has 2 saturated heterocycles. The molecule has 0 bridgehead atoms. The molecule has 3 aromatic rings. The number of anilines is 2. The van der Waals surface area contributed by atoms with Crippen LogP contribution >= 0.6 is 11.8 Å². The lowest BCUT2D eigenvalue weighted by molar-refractivity contribution is -0.114. The Morgan fingerprint density at radius 2 is 1.77 bits per heavy atom. The van der Waals surface area contributed by atoms with Crippen molar-refractivity contribution in [2.45, 2.75) is 164 Å². The lowest BCUT2D eigenvalue weighted by atomic mass is 9.71. The number of amides is 1. The van der Waals surface area contributed by atoms with Crippen molar-refractivity contribution in [1.29, 1.82) is 5.41 Å². The summed E-state index contributed by atoms with van der Waals surface area (Å²) in [5, 5.41) is 49.1. The van der Waals surface area contributed by atoms with E-state index in [1.165, 1.54) is 57.8 Å². The van der Waals surface area contributed by atoms with Crippen LogP contribution < -0.4 is 15.5 Å². The van der Waals surface area contributed by atoms with E-state index in [4.69, 9.17) is 20.4 Å². The predicted octanol–water partition coefficient (Wildman–Crippen LogP) is 9.14. The van der Waals surface area contributed by atoms with Crippen molar-refractivity contribution in [3.63, 3.8) is 0 Å². The van der Waals surface area contributed by atoms with Crippen molar-refractivity contribution < 1.29 is 20.1 Å². The Morgan fingerprint density at radius 3 is 2.55 bits per heavy atom. The van der Waals surface area contributed by atoms with Gasteiger partial charge < -0.3 is 41.2 Å². The van der Waals surface area contributed by atoms with Crippen molar-refractivity contribution in [2.24, 2.45) is 40.0 Å². The summed E-state index contributed by atoms with van der Waals surface area (Å²) in [7, 11) is 0. The first kappa shape index (κ1) is 50.4. The van der Waals surface area contributed by atoms with Crippen LogP contribution in [-0.4, -0.2) is 110 Å². The summed E-state index contributed by atoms with van der Waals surface area (Å²) in [6, 6.07) is 13.9. The lowest BCUT2D eigenvalue weighted by Gasteiger charge is -2.51. The van der Waals surface area contributed by atoms with Crippen LogP contribution in [0, 0.1) is 40.4 Å². The molecule has 1 aromatic heterocycles. The number of nitrogens with one attached hydrogen (secondary N) is 3. The first-order valence-electron chi connectivity index (χ1n) is 27.4. The van der Waals surface area contributed by atoms with Crippen LogP contribution in [0.4, 0.5) is 11.5 Å². The van der Waals surface area contributed by atoms with E-state index in [0.717, 1.165) is 121 Å². The number of unbranched alkanes of at least 4 members (excludes halogenated alkanes) is 2. The maximum absolute atomic E-state index is 13.2. The van der Waals surface area contributed by atoms with E-state index in [1.54, 1.807) is 11.8 Å². The van der Waals surface area contributed by atoms with Gasteiger partial charge in [-0.1, -0.05) is 61.9 Å². The summed E-state index contributed by atoms with van der Waals surface area (Å²) in [4.78, 5) is 35.6. The second-order valence-corrected chi connectivity index (χ2v) is 23.7. The van der Waals surface area contributed by atoms with E-state index in [-0.39, 0.29) is 11.9 Å². The van der Waals surface area contributed by atoms with Crippen molar-refractivity contribution >= 4 is 40.6 Å². The number of rotatable bonds is 22. The highest BCUT2D eigenvalue weighted by Gasteiger charge is 2.44. The Hall–Kier alpha value is -4.18. The topological polar surface area (TPSA) is 174 Å². The van der Waals surface area contributed by atoms with Gasteiger partial charge in [-0.25, -0.2) is 9.97 Å². The zero-order chi connectivity index (χ0) is 48.9. The summed E-state index contributed by atoms with van der Waals surface area (Å²) < 4.78 is 0. The van der Waals surface area contributed by atoms with Crippen LogP contribution in [0.15, 0.2) is 81.9 Å². The van der Waals surface area contributed by atoms with E-state index >= 15 is 0 Å². The molecule has 13 nitrogen and oxygen atoms in total. The van der Waals surface area contributed by atoms with Gasteiger partial charge in [-0.2, -0.15) is 0 Å². The third-order valence-electron chi connectivity index (χ3n) is 17.1. The largest absolute Gasteiger partial charge is 0.386 e. The highest BCUT2D eigenvalue weighted by molar-refractivity contribution is 7.99. The summed E-state index contributed by atoms with van der Waals surface area (Å²) in [6.07, 6.45) is 24.6.